The van der Waals surface area contributed by atoms with E-state index in [1.54, 1.807) is 24.1 Å². The molecule has 2 aromatic rings. The quantitative estimate of drug-likeness (QED) is 0.676. The number of benzene rings is 1. The molecule has 1 fully saturated rings. The second kappa shape index (κ2) is 9.40. The second-order valence-electron chi connectivity index (χ2n) is 8.35. The van der Waals surface area contributed by atoms with Crippen molar-refractivity contribution in [3.05, 3.63) is 48.2 Å². The van der Waals surface area contributed by atoms with E-state index in [9.17, 15) is 17.8 Å². The number of amides is 2. The third kappa shape index (κ3) is 5.46. The van der Waals surface area contributed by atoms with Gasteiger partial charge in [-0.05, 0) is 37.1 Å². The van der Waals surface area contributed by atoms with Crippen molar-refractivity contribution < 1.29 is 17.8 Å². The summed E-state index contributed by atoms with van der Waals surface area (Å²) in [6, 6.07) is 6.28. The molecule has 1 N–H and O–H groups in total. The first-order valence-electron chi connectivity index (χ1n) is 10.4. The Morgan fingerprint density at radius 1 is 1.19 bits per heavy atom. The van der Waals surface area contributed by atoms with Crippen molar-refractivity contribution in [3.63, 3.8) is 0 Å². The molecular formula is C22H30F2N4O2S. The van der Waals surface area contributed by atoms with E-state index < -0.39 is 21.8 Å². The number of piperidine rings is 1. The number of thiol groups is 1. The molecule has 1 aromatic carbocycles. The van der Waals surface area contributed by atoms with Crippen LogP contribution in [0.3, 0.4) is 0 Å². The summed E-state index contributed by atoms with van der Waals surface area (Å²) >= 11 is 0. The first-order chi connectivity index (χ1) is 14.6. The summed E-state index contributed by atoms with van der Waals surface area (Å²) in [6.07, 6.45) is 4.82. The molecule has 9 heteroatoms. The van der Waals surface area contributed by atoms with Crippen LogP contribution < -0.4 is 5.32 Å². The fourth-order valence-corrected chi connectivity index (χ4v) is 5.36. The van der Waals surface area contributed by atoms with E-state index in [1.807, 2.05) is 20.1 Å². The summed E-state index contributed by atoms with van der Waals surface area (Å²) in [5.74, 6) is -1.34. The Hall–Kier alpha value is -2.39. The summed E-state index contributed by atoms with van der Waals surface area (Å²) < 4.78 is 41.8. The molecule has 0 bridgehead atoms. The number of halogens is 2. The summed E-state index contributed by atoms with van der Waals surface area (Å²) in [5, 5.41) is 2.92. The molecule has 170 valence electrons. The van der Waals surface area contributed by atoms with Crippen LogP contribution in [-0.4, -0.2) is 62.1 Å². The minimum atomic E-state index is -2.35. The predicted molar refractivity (Wildman–Crippen MR) is 122 cm³/mol. The molecule has 6 nitrogen and oxygen atoms in total. The molecule has 0 radical (unpaired) electrons. The van der Waals surface area contributed by atoms with E-state index in [2.05, 4.69) is 14.6 Å². The topological polar surface area (TPSA) is 65.5 Å². The van der Waals surface area contributed by atoms with E-state index in [0.717, 1.165) is 18.9 Å². The van der Waals surface area contributed by atoms with E-state index in [1.165, 1.54) is 18.3 Å². The highest BCUT2D eigenvalue weighted by Gasteiger charge is 2.31. The highest BCUT2D eigenvalue weighted by molar-refractivity contribution is 8.00. The van der Waals surface area contributed by atoms with Gasteiger partial charge in [0.25, 0.3) is 0 Å². The molecule has 1 saturated heterocycles. The molecule has 1 aliphatic heterocycles. The maximum Gasteiger partial charge on any atom is 0.321 e. The van der Waals surface area contributed by atoms with Crippen LogP contribution in [0, 0.1) is 11.6 Å². The van der Waals surface area contributed by atoms with Crippen LogP contribution in [0.2, 0.25) is 0 Å². The van der Waals surface area contributed by atoms with Crippen molar-refractivity contribution in [1.82, 2.24) is 14.2 Å². The van der Waals surface area contributed by atoms with Crippen LogP contribution >= 0.6 is 0 Å². The zero-order chi connectivity index (χ0) is 22.8. The van der Waals surface area contributed by atoms with Gasteiger partial charge in [-0.3, -0.25) is 9.19 Å². The Morgan fingerprint density at radius 3 is 2.32 bits per heavy atom. The lowest BCUT2D eigenvalue weighted by Crippen LogP contribution is -2.51. The number of hydrogen-bond donors (Lipinski definition) is 2. The van der Waals surface area contributed by atoms with E-state index in [0.29, 0.717) is 30.0 Å². The molecule has 0 spiro atoms. The van der Waals surface area contributed by atoms with Crippen LogP contribution in [0.15, 0.2) is 36.5 Å². The molecule has 0 aliphatic carbocycles. The summed E-state index contributed by atoms with van der Waals surface area (Å²) in [6.45, 7) is 5.37. The Morgan fingerprint density at radius 2 is 1.81 bits per heavy atom. The van der Waals surface area contributed by atoms with Crippen molar-refractivity contribution in [2.24, 2.45) is 0 Å². The highest BCUT2D eigenvalue weighted by atomic mass is 32.3. The maximum atomic E-state index is 13.4. The molecule has 31 heavy (non-hydrogen) atoms. The van der Waals surface area contributed by atoms with E-state index >= 15 is 0 Å². The van der Waals surface area contributed by atoms with Gasteiger partial charge in [0.05, 0.1) is 17.6 Å². The van der Waals surface area contributed by atoms with Crippen LogP contribution in [0.25, 0.3) is 11.3 Å². The Bertz CT molecular complexity index is 956. The van der Waals surface area contributed by atoms with Gasteiger partial charge in [0.1, 0.15) is 11.6 Å². The van der Waals surface area contributed by atoms with Gasteiger partial charge < -0.3 is 10.2 Å². The molecule has 0 saturated carbocycles. The number of carbonyl (C=O) groups is 1. The number of pyridine rings is 1. The lowest BCUT2D eigenvalue weighted by atomic mass is 10.1. The summed E-state index contributed by atoms with van der Waals surface area (Å²) in [7, 11) is -0.602. The predicted octanol–water partition coefficient (Wildman–Crippen LogP) is 3.92. The smallest absolute Gasteiger partial charge is 0.321 e. The monoisotopic (exact) mass is 452 g/mol. The third-order valence-electron chi connectivity index (χ3n) is 6.00. The zero-order valence-corrected chi connectivity index (χ0v) is 19.2. The van der Waals surface area contributed by atoms with Crippen molar-refractivity contribution in [2.75, 3.05) is 31.7 Å². The molecule has 2 amide bonds. The first-order valence-corrected chi connectivity index (χ1v) is 12.5. The van der Waals surface area contributed by atoms with Gasteiger partial charge in [0.15, 0.2) is 0 Å². The summed E-state index contributed by atoms with van der Waals surface area (Å²) in [5.41, 5.74) is 1.23. The minimum Gasteiger partial charge on any atom is -0.325 e. The lowest BCUT2D eigenvalue weighted by molar-refractivity contribution is 0.174. The van der Waals surface area contributed by atoms with Crippen LogP contribution in [-0.2, 0) is 10.1 Å². The van der Waals surface area contributed by atoms with Crippen molar-refractivity contribution in [2.45, 2.75) is 38.0 Å². The second-order valence-corrected chi connectivity index (χ2v) is 11.8. The average molecular weight is 453 g/mol. The number of hydrogen-bond acceptors (Lipinski definition) is 3. The third-order valence-corrected chi connectivity index (χ3v) is 9.44. The summed E-state index contributed by atoms with van der Waals surface area (Å²) in [4.78, 5) is 18.5. The Kier molecular flexibility index (Phi) is 7.06. The van der Waals surface area contributed by atoms with E-state index in [4.69, 9.17) is 0 Å². The number of anilines is 1. The number of nitrogens with zero attached hydrogens (tertiary/aromatic N) is 3. The minimum absolute atomic E-state index is 0.0610. The molecule has 0 unspecified atom stereocenters. The molecule has 0 atom stereocenters. The number of carbonyl (C=O) groups excluding carboxylic acids is 1. The first kappa shape index (κ1) is 23.3. The van der Waals surface area contributed by atoms with Crippen molar-refractivity contribution >= 4 is 21.8 Å². The average Bonchev–Trinajstić information content (AvgIpc) is 2.73. The maximum absolute atomic E-state index is 13.4. The lowest BCUT2D eigenvalue weighted by Gasteiger charge is -2.42. The van der Waals surface area contributed by atoms with Crippen LogP contribution in [0.1, 0.15) is 26.7 Å². The SMILES string of the molecule is CC(C)[SH](C)(=O)N1CCC(N(C)C(=O)Nc2ccc(-c3cc(F)cc(F)c3)nc2)CC1. The van der Waals surface area contributed by atoms with Gasteiger partial charge in [-0.2, -0.15) is 0 Å². The molecule has 1 aromatic heterocycles. The molecule has 2 heterocycles. The highest BCUT2D eigenvalue weighted by Crippen LogP contribution is 2.24. The van der Waals surface area contributed by atoms with Gasteiger partial charge in [-0.1, -0.05) is 24.0 Å². The van der Waals surface area contributed by atoms with Crippen LogP contribution in [0.4, 0.5) is 19.3 Å². The fourth-order valence-electron chi connectivity index (χ4n) is 3.68. The normalized spacial score (nSPS) is 16.4. The fraction of sp³-hybridized carbons (Fsp3) is 0.455. The van der Waals surface area contributed by atoms with Gasteiger partial charge in [0, 0.05) is 49.3 Å². The Labute approximate surface area is 183 Å². The number of nitrogens with one attached hydrogen (secondary N) is 1. The molecule has 1 aliphatic rings. The molecular weight excluding hydrogens is 422 g/mol. The standard InChI is InChI=1S/C22H30F2N4O2S/c1-15(2)31(4,30)28-9-7-20(8-10-28)27(3)22(29)26-19-5-6-21(25-14-19)16-11-17(23)13-18(24)12-16/h5-6,11-15,20,31H,7-10H2,1-4H3,(H,26,29). The van der Waals surface area contributed by atoms with E-state index in [-0.39, 0.29) is 17.3 Å². The zero-order valence-electron chi connectivity index (χ0n) is 18.3. The van der Waals surface area contributed by atoms with Gasteiger partial charge >= 0.3 is 6.03 Å². The number of rotatable bonds is 5. The molecule has 3 rings (SSSR count). The van der Waals surface area contributed by atoms with Gasteiger partial charge in [-0.25, -0.2) is 17.9 Å². The van der Waals surface area contributed by atoms with Crippen molar-refractivity contribution in [1.29, 1.82) is 0 Å². The Balaban J connectivity index is 1.58. The van der Waals surface area contributed by atoms with Gasteiger partial charge in [0.2, 0.25) is 0 Å². The number of aromatic nitrogens is 1. The van der Waals surface area contributed by atoms with Crippen molar-refractivity contribution in [3.8, 4) is 11.3 Å². The van der Waals surface area contributed by atoms with Gasteiger partial charge in [-0.15, -0.1) is 0 Å². The largest absolute Gasteiger partial charge is 0.325 e. The number of urea groups is 1. The van der Waals surface area contributed by atoms with Crippen LogP contribution in [0.5, 0.6) is 0 Å².